The van der Waals surface area contributed by atoms with Gasteiger partial charge in [0.15, 0.2) is 6.61 Å². The maximum absolute atomic E-state index is 12.9. The van der Waals surface area contributed by atoms with E-state index >= 15 is 0 Å². The molecule has 0 amide bonds. The van der Waals surface area contributed by atoms with Gasteiger partial charge in [0, 0.05) is 17.5 Å². The molecule has 2 aromatic rings. The number of benzene rings is 1. The van der Waals surface area contributed by atoms with Crippen LogP contribution in [0.4, 0.5) is 5.69 Å². The van der Waals surface area contributed by atoms with Gasteiger partial charge in [-0.1, -0.05) is 6.07 Å². The Balaban J connectivity index is 1.58. The van der Waals surface area contributed by atoms with Crippen molar-refractivity contribution < 1.29 is 14.5 Å². The standard InChI is InChI=1S/C20H22N2O4/c23-20(13-26-15-7-5-6-14(12-15)22(24)25)21-18-10-3-1-8-16(18)17-9-2-4-11-19(17)21/h5-7,12H,1-4,8-11,13H2. The van der Waals surface area contributed by atoms with Crippen LogP contribution in [0.2, 0.25) is 0 Å². The Hall–Kier alpha value is -2.63. The molecule has 6 heteroatoms. The minimum Gasteiger partial charge on any atom is -0.483 e. The summed E-state index contributed by atoms with van der Waals surface area (Å²) in [6.07, 6.45) is 8.68. The maximum Gasteiger partial charge on any atom is 0.273 e. The minimum atomic E-state index is -0.465. The van der Waals surface area contributed by atoms with Gasteiger partial charge in [0.05, 0.1) is 11.0 Å². The van der Waals surface area contributed by atoms with Crippen LogP contribution >= 0.6 is 0 Å². The Kier molecular flexibility index (Phi) is 4.49. The zero-order chi connectivity index (χ0) is 18.1. The normalized spacial score (nSPS) is 15.8. The molecule has 0 bridgehead atoms. The molecule has 1 aromatic heterocycles. The van der Waals surface area contributed by atoms with E-state index in [2.05, 4.69) is 0 Å². The summed E-state index contributed by atoms with van der Waals surface area (Å²) in [7, 11) is 0. The summed E-state index contributed by atoms with van der Waals surface area (Å²) >= 11 is 0. The van der Waals surface area contributed by atoms with Gasteiger partial charge in [0.25, 0.3) is 11.6 Å². The third-order valence-electron chi connectivity index (χ3n) is 5.42. The average Bonchev–Trinajstić information content (AvgIpc) is 3.01. The quantitative estimate of drug-likeness (QED) is 0.617. The Morgan fingerprint density at radius 1 is 1.04 bits per heavy atom. The first-order chi connectivity index (χ1) is 12.6. The third-order valence-corrected chi connectivity index (χ3v) is 5.42. The van der Waals surface area contributed by atoms with Gasteiger partial charge in [-0.05, 0) is 68.6 Å². The first-order valence-electron chi connectivity index (χ1n) is 9.30. The fourth-order valence-corrected chi connectivity index (χ4v) is 4.28. The first-order valence-corrected chi connectivity index (χ1v) is 9.30. The summed E-state index contributed by atoms with van der Waals surface area (Å²) < 4.78 is 7.49. The second-order valence-corrected chi connectivity index (χ2v) is 7.04. The first kappa shape index (κ1) is 16.8. The predicted molar refractivity (Wildman–Crippen MR) is 96.9 cm³/mol. The van der Waals surface area contributed by atoms with E-state index in [1.54, 1.807) is 12.1 Å². The topological polar surface area (TPSA) is 74.4 Å². The lowest BCUT2D eigenvalue weighted by molar-refractivity contribution is -0.384. The van der Waals surface area contributed by atoms with E-state index in [-0.39, 0.29) is 18.2 Å². The Morgan fingerprint density at radius 3 is 2.27 bits per heavy atom. The summed E-state index contributed by atoms with van der Waals surface area (Å²) in [6, 6.07) is 5.97. The number of carbonyl (C=O) groups is 1. The highest BCUT2D eigenvalue weighted by molar-refractivity contribution is 5.83. The van der Waals surface area contributed by atoms with E-state index < -0.39 is 4.92 Å². The molecule has 0 saturated heterocycles. The summed E-state index contributed by atoms with van der Waals surface area (Å²) in [5.74, 6) is 0.278. The van der Waals surface area contributed by atoms with Crippen LogP contribution < -0.4 is 4.74 Å². The lowest BCUT2D eigenvalue weighted by Gasteiger charge is -2.16. The van der Waals surface area contributed by atoms with E-state index in [1.165, 1.54) is 47.5 Å². The molecular weight excluding hydrogens is 332 g/mol. The Labute approximate surface area is 151 Å². The summed E-state index contributed by atoms with van der Waals surface area (Å²) in [6.45, 7) is -0.102. The molecule has 2 aliphatic carbocycles. The molecule has 0 fully saturated rings. The van der Waals surface area contributed by atoms with E-state index in [0.717, 1.165) is 38.5 Å². The smallest absolute Gasteiger partial charge is 0.273 e. The number of nitrogens with zero attached hydrogens (tertiary/aromatic N) is 2. The zero-order valence-corrected chi connectivity index (χ0v) is 14.7. The van der Waals surface area contributed by atoms with Crippen molar-refractivity contribution in [1.82, 2.24) is 4.57 Å². The molecular formula is C20H22N2O4. The van der Waals surface area contributed by atoms with Crippen LogP contribution in [0.25, 0.3) is 0 Å². The third kappa shape index (κ3) is 3.00. The SMILES string of the molecule is O=C(COc1cccc([N+](=O)[O-])c1)n1c2c(c3c1CCCC3)CCCC2. The molecule has 0 atom stereocenters. The number of fused-ring (bicyclic) bond motifs is 3. The minimum absolute atomic E-state index is 0.0364. The molecule has 1 heterocycles. The highest BCUT2D eigenvalue weighted by atomic mass is 16.6. The van der Waals surface area contributed by atoms with Crippen molar-refractivity contribution in [2.45, 2.75) is 51.4 Å². The fraction of sp³-hybridized carbons (Fsp3) is 0.450. The maximum atomic E-state index is 12.9. The van der Waals surface area contributed by atoms with Crippen LogP contribution in [0.1, 0.15) is 53.0 Å². The molecule has 0 spiro atoms. The van der Waals surface area contributed by atoms with Crippen molar-refractivity contribution in [2.24, 2.45) is 0 Å². The van der Waals surface area contributed by atoms with Gasteiger partial charge in [-0.15, -0.1) is 0 Å². The zero-order valence-electron chi connectivity index (χ0n) is 14.7. The lowest BCUT2D eigenvalue weighted by Crippen LogP contribution is -2.24. The van der Waals surface area contributed by atoms with Crippen LogP contribution in [0, 0.1) is 10.1 Å². The molecule has 4 rings (SSSR count). The number of aromatic nitrogens is 1. The van der Waals surface area contributed by atoms with Gasteiger partial charge >= 0.3 is 0 Å². The fourth-order valence-electron chi connectivity index (χ4n) is 4.28. The van der Waals surface area contributed by atoms with Gasteiger partial charge in [0.1, 0.15) is 5.75 Å². The number of carbonyl (C=O) groups excluding carboxylic acids is 1. The highest BCUT2D eigenvalue weighted by Crippen LogP contribution is 2.34. The molecule has 0 saturated carbocycles. The summed E-state index contributed by atoms with van der Waals surface area (Å²) in [4.78, 5) is 23.4. The van der Waals surface area contributed by atoms with Gasteiger partial charge < -0.3 is 4.74 Å². The van der Waals surface area contributed by atoms with E-state index in [9.17, 15) is 14.9 Å². The van der Waals surface area contributed by atoms with Crippen molar-refractivity contribution >= 4 is 11.6 Å². The summed E-state index contributed by atoms with van der Waals surface area (Å²) in [5.41, 5.74) is 5.11. The Bertz CT molecular complexity index is 835. The number of nitro benzene ring substituents is 1. The molecule has 6 nitrogen and oxygen atoms in total. The highest BCUT2D eigenvalue weighted by Gasteiger charge is 2.28. The molecule has 0 N–H and O–H groups in total. The number of non-ortho nitro benzene ring substituents is 1. The second-order valence-electron chi connectivity index (χ2n) is 7.04. The molecule has 1 aromatic carbocycles. The van der Waals surface area contributed by atoms with Crippen molar-refractivity contribution in [3.05, 3.63) is 56.9 Å². The second kappa shape index (κ2) is 6.94. The van der Waals surface area contributed by atoms with Crippen molar-refractivity contribution in [3.63, 3.8) is 0 Å². The number of hydrogen-bond acceptors (Lipinski definition) is 4. The average molecular weight is 354 g/mol. The molecule has 2 aliphatic rings. The van der Waals surface area contributed by atoms with Crippen LogP contribution in [0.15, 0.2) is 24.3 Å². The molecule has 136 valence electrons. The number of rotatable bonds is 4. The van der Waals surface area contributed by atoms with Crippen LogP contribution in [-0.2, 0) is 25.7 Å². The molecule has 26 heavy (non-hydrogen) atoms. The van der Waals surface area contributed by atoms with E-state index in [0.29, 0.717) is 5.75 Å². The largest absolute Gasteiger partial charge is 0.483 e. The number of ether oxygens (including phenoxy) is 1. The Morgan fingerprint density at radius 2 is 1.65 bits per heavy atom. The van der Waals surface area contributed by atoms with Gasteiger partial charge in [-0.3, -0.25) is 19.5 Å². The predicted octanol–water partition coefficient (Wildman–Crippen LogP) is 3.87. The van der Waals surface area contributed by atoms with E-state index in [4.69, 9.17) is 4.74 Å². The van der Waals surface area contributed by atoms with E-state index in [1.807, 2.05) is 4.57 Å². The molecule has 0 radical (unpaired) electrons. The van der Waals surface area contributed by atoms with Crippen LogP contribution in [0.5, 0.6) is 5.75 Å². The molecule has 0 unspecified atom stereocenters. The van der Waals surface area contributed by atoms with Gasteiger partial charge in [-0.2, -0.15) is 0 Å². The number of nitro groups is 1. The number of hydrogen-bond donors (Lipinski definition) is 0. The lowest BCUT2D eigenvalue weighted by atomic mass is 9.89. The van der Waals surface area contributed by atoms with Gasteiger partial charge in [-0.25, -0.2) is 0 Å². The summed E-state index contributed by atoms with van der Waals surface area (Å²) in [5, 5.41) is 10.9. The van der Waals surface area contributed by atoms with Crippen LogP contribution in [-0.4, -0.2) is 22.0 Å². The van der Waals surface area contributed by atoms with Crippen molar-refractivity contribution in [3.8, 4) is 5.75 Å². The molecule has 0 aliphatic heterocycles. The van der Waals surface area contributed by atoms with Crippen LogP contribution in [0.3, 0.4) is 0 Å². The van der Waals surface area contributed by atoms with Crippen molar-refractivity contribution in [2.75, 3.05) is 6.61 Å². The monoisotopic (exact) mass is 354 g/mol. The van der Waals surface area contributed by atoms with Crippen molar-refractivity contribution in [1.29, 1.82) is 0 Å². The van der Waals surface area contributed by atoms with Gasteiger partial charge in [0.2, 0.25) is 0 Å².